The van der Waals surface area contributed by atoms with Gasteiger partial charge in [0, 0.05) is 12.7 Å². The standard InChI is InChI=1S/C14H17N3O3/c1-9-16-12(14(18)20-3)13(15)17(9)11-7-5-4-6-10(11)8-19-2/h4-7H,8,15H2,1-3H3. The number of benzene rings is 1. The molecule has 1 aromatic heterocycles. The fraction of sp³-hybridized carbons (Fsp3) is 0.286. The van der Waals surface area contributed by atoms with Gasteiger partial charge in [0.2, 0.25) is 0 Å². The predicted molar refractivity (Wildman–Crippen MR) is 74.8 cm³/mol. The Morgan fingerprint density at radius 2 is 2.05 bits per heavy atom. The Hall–Kier alpha value is -2.34. The van der Waals surface area contributed by atoms with E-state index >= 15 is 0 Å². The van der Waals surface area contributed by atoms with Crippen LogP contribution >= 0.6 is 0 Å². The number of ether oxygens (including phenoxy) is 2. The van der Waals surface area contributed by atoms with Crippen molar-refractivity contribution in [2.75, 3.05) is 20.0 Å². The van der Waals surface area contributed by atoms with Gasteiger partial charge in [-0.3, -0.25) is 4.57 Å². The summed E-state index contributed by atoms with van der Waals surface area (Å²) in [6, 6.07) is 7.66. The molecule has 0 unspecified atom stereocenters. The first-order valence-corrected chi connectivity index (χ1v) is 6.10. The number of carbonyl (C=O) groups excluding carboxylic acids is 1. The van der Waals surface area contributed by atoms with Crippen LogP contribution in [0.3, 0.4) is 0 Å². The van der Waals surface area contributed by atoms with Crippen molar-refractivity contribution < 1.29 is 14.3 Å². The summed E-state index contributed by atoms with van der Waals surface area (Å²) < 4.78 is 11.6. The quantitative estimate of drug-likeness (QED) is 0.859. The maximum absolute atomic E-state index is 11.6. The second-order valence-corrected chi connectivity index (χ2v) is 4.28. The van der Waals surface area contributed by atoms with Crippen molar-refractivity contribution in [3.63, 3.8) is 0 Å². The number of esters is 1. The van der Waals surface area contributed by atoms with Gasteiger partial charge in [0.15, 0.2) is 5.69 Å². The normalized spacial score (nSPS) is 10.6. The number of hydrogen-bond donors (Lipinski definition) is 1. The van der Waals surface area contributed by atoms with E-state index in [1.165, 1.54) is 7.11 Å². The molecular weight excluding hydrogens is 258 g/mol. The number of anilines is 1. The van der Waals surface area contributed by atoms with Gasteiger partial charge < -0.3 is 15.2 Å². The van der Waals surface area contributed by atoms with Gasteiger partial charge in [-0.25, -0.2) is 9.78 Å². The lowest BCUT2D eigenvalue weighted by molar-refractivity contribution is 0.0596. The molecule has 2 rings (SSSR count). The van der Waals surface area contributed by atoms with Crippen LogP contribution in [0.5, 0.6) is 0 Å². The molecule has 0 radical (unpaired) electrons. The fourth-order valence-corrected chi connectivity index (χ4v) is 2.11. The van der Waals surface area contributed by atoms with Gasteiger partial charge in [-0.1, -0.05) is 18.2 Å². The lowest BCUT2D eigenvalue weighted by atomic mass is 10.2. The molecule has 0 atom stereocenters. The molecule has 2 aromatic rings. The monoisotopic (exact) mass is 275 g/mol. The maximum Gasteiger partial charge on any atom is 0.360 e. The SMILES string of the molecule is COCc1ccccc1-n1c(C)nc(C(=O)OC)c1N. The van der Waals surface area contributed by atoms with E-state index in [4.69, 9.17) is 10.5 Å². The minimum absolute atomic E-state index is 0.122. The third-order valence-electron chi connectivity index (χ3n) is 2.99. The highest BCUT2D eigenvalue weighted by atomic mass is 16.5. The molecule has 6 heteroatoms. The zero-order valence-corrected chi connectivity index (χ0v) is 11.7. The van der Waals surface area contributed by atoms with E-state index in [9.17, 15) is 4.79 Å². The molecule has 0 amide bonds. The Balaban J connectivity index is 2.59. The summed E-state index contributed by atoms with van der Waals surface area (Å²) in [5, 5.41) is 0. The number of methoxy groups -OCH3 is 2. The van der Waals surface area contributed by atoms with Crippen LogP contribution in [-0.2, 0) is 16.1 Å². The van der Waals surface area contributed by atoms with Gasteiger partial charge in [-0.05, 0) is 13.0 Å². The Bertz CT molecular complexity index is 635. The van der Waals surface area contributed by atoms with Crippen LogP contribution in [0.15, 0.2) is 24.3 Å². The Kier molecular flexibility index (Phi) is 4.05. The molecular formula is C14H17N3O3. The Morgan fingerprint density at radius 3 is 2.70 bits per heavy atom. The number of aromatic nitrogens is 2. The highest BCUT2D eigenvalue weighted by Gasteiger charge is 2.21. The van der Waals surface area contributed by atoms with Crippen LogP contribution < -0.4 is 5.73 Å². The van der Waals surface area contributed by atoms with Crippen molar-refractivity contribution in [2.45, 2.75) is 13.5 Å². The van der Waals surface area contributed by atoms with E-state index in [0.717, 1.165) is 11.3 Å². The van der Waals surface area contributed by atoms with Crippen molar-refractivity contribution in [3.8, 4) is 5.69 Å². The summed E-state index contributed by atoms with van der Waals surface area (Å²) in [5.41, 5.74) is 7.96. The second kappa shape index (κ2) is 5.75. The minimum Gasteiger partial charge on any atom is -0.464 e. The maximum atomic E-state index is 11.6. The Labute approximate surface area is 117 Å². The van der Waals surface area contributed by atoms with E-state index in [0.29, 0.717) is 12.4 Å². The average molecular weight is 275 g/mol. The van der Waals surface area contributed by atoms with Crippen molar-refractivity contribution in [2.24, 2.45) is 0 Å². The number of para-hydroxylation sites is 1. The first-order valence-electron chi connectivity index (χ1n) is 6.10. The first kappa shape index (κ1) is 14.1. The Morgan fingerprint density at radius 1 is 1.35 bits per heavy atom. The molecule has 106 valence electrons. The van der Waals surface area contributed by atoms with Crippen LogP contribution in [-0.4, -0.2) is 29.7 Å². The third-order valence-corrected chi connectivity index (χ3v) is 2.99. The van der Waals surface area contributed by atoms with Crippen molar-refractivity contribution >= 4 is 11.8 Å². The number of nitrogens with zero attached hydrogens (tertiary/aromatic N) is 2. The molecule has 0 spiro atoms. The van der Waals surface area contributed by atoms with E-state index in [1.54, 1.807) is 18.6 Å². The van der Waals surface area contributed by atoms with E-state index in [2.05, 4.69) is 9.72 Å². The van der Waals surface area contributed by atoms with Crippen LogP contribution in [0, 0.1) is 6.92 Å². The molecule has 0 saturated heterocycles. The number of rotatable bonds is 4. The largest absolute Gasteiger partial charge is 0.464 e. The summed E-state index contributed by atoms with van der Waals surface area (Å²) in [6.07, 6.45) is 0. The number of hydrogen-bond acceptors (Lipinski definition) is 5. The lowest BCUT2D eigenvalue weighted by Crippen LogP contribution is -2.09. The topological polar surface area (TPSA) is 79.4 Å². The average Bonchev–Trinajstić information content (AvgIpc) is 2.74. The van der Waals surface area contributed by atoms with Gasteiger partial charge in [-0.15, -0.1) is 0 Å². The molecule has 0 saturated carbocycles. The van der Waals surface area contributed by atoms with E-state index in [1.807, 2.05) is 24.3 Å². The highest BCUT2D eigenvalue weighted by molar-refractivity contribution is 5.92. The molecule has 0 fully saturated rings. The smallest absolute Gasteiger partial charge is 0.360 e. The molecule has 0 aliphatic carbocycles. The molecule has 0 bridgehead atoms. The molecule has 20 heavy (non-hydrogen) atoms. The van der Waals surface area contributed by atoms with Crippen LogP contribution in [0.2, 0.25) is 0 Å². The van der Waals surface area contributed by atoms with Gasteiger partial charge >= 0.3 is 5.97 Å². The van der Waals surface area contributed by atoms with Crippen molar-refractivity contribution in [1.29, 1.82) is 0 Å². The number of aryl methyl sites for hydroxylation is 1. The second-order valence-electron chi connectivity index (χ2n) is 4.28. The summed E-state index contributed by atoms with van der Waals surface area (Å²) >= 11 is 0. The lowest BCUT2D eigenvalue weighted by Gasteiger charge is -2.12. The first-order chi connectivity index (χ1) is 9.60. The summed E-state index contributed by atoms with van der Waals surface area (Å²) in [5.74, 6) is 0.331. The molecule has 6 nitrogen and oxygen atoms in total. The van der Waals surface area contributed by atoms with E-state index in [-0.39, 0.29) is 11.5 Å². The highest BCUT2D eigenvalue weighted by Crippen LogP contribution is 2.24. The zero-order chi connectivity index (χ0) is 14.7. The van der Waals surface area contributed by atoms with Crippen LogP contribution in [0.4, 0.5) is 5.82 Å². The molecule has 0 aliphatic heterocycles. The molecule has 1 aromatic carbocycles. The van der Waals surface area contributed by atoms with Gasteiger partial charge in [0.25, 0.3) is 0 Å². The van der Waals surface area contributed by atoms with Crippen molar-refractivity contribution in [1.82, 2.24) is 9.55 Å². The van der Waals surface area contributed by atoms with Gasteiger partial charge in [0.05, 0.1) is 19.4 Å². The fourth-order valence-electron chi connectivity index (χ4n) is 2.11. The molecule has 0 aliphatic rings. The summed E-state index contributed by atoms with van der Waals surface area (Å²) in [7, 11) is 2.93. The summed E-state index contributed by atoms with van der Waals surface area (Å²) in [4.78, 5) is 15.8. The summed E-state index contributed by atoms with van der Waals surface area (Å²) in [6.45, 7) is 2.23. The van der Waals surface area contributed by atoms with Gasteiger partial charge in [-0.2, -0.15) is 0 Å². The minimum atomic E-state index is -0.548. The number of nitrogen functional groups attached to an aromatic ring is 1. The third kappa shape index (κ3) is 2.37. The predicted octanol–water partition coefficient (Wildman–Crippen LogP) is 1.70. The zero-order valence-electron chi connectivity index (χ0n) is 11.7. The van der Waals surface area contributed by atoms with Gasteiger partial charge in [0.1, 0.15) is 11.6 Å². The van der Waals surface area contributed by atoms with Crippen molar-refractivity contribution in [3.05, 3.63) is 41.3 Å². The number of nitrogens with two attached hydrogens (primary N) is 1. The molecule has 2 N–H and O–H groups in total. The molecule has 1 heterocycles. The van der Waals surface area contributed by atoms with Crippen LogP contribution in [0.1, 0.15) is 21.9 Å². The number of carbonyl (C=O) groups is 1. The van der Waals surface area contributed by atoms with Crippen LogP contribution in [0.25, 0.3) is 5.69 Å². The van der Waals surface area contributed by atoms with E-state index < -0.39 is 5.97 Å². The number of imidazole rings is 1.